The monoisotopic (exact) mass is 453 g/mol. The van der Waals surface area contributed by atoms with Gasteiger partial charge in [0, 0.05) is 36.3 Å². The first-order valence-electron chi connectivity index (χ1n) is 8.61. The third kappa shape index (κ3) is 4.05. The summed E-state index contributed by atoms with van der Waals surface area (Å²) in [6.07, 6.45) is 2.33. The fourth-order valence-electron chi connectivity index (χ4n) is 2.76. The maximum absolute atomic E-state index is 11.7. The molecule has 0 atom stereocenters. The molecule has 0 saturated carbocycles. The Bertz CT molecular complexity index is 1160. The molecule has 0 aliphatic heterocycles. The number of thiazole rings is 1. The highest BCUT2D eigenvalue weighted by atomic mass is 79.9. The van der Waals surface area contributed by atoms with Gasteiger partial charge in [0.15, 0.2) is 0 Å². The van der Waals surface area contributed by atoms with Crippen molar-refractivity contribution in [2.24, 2.45) is 0 Å². The number of halogens is 1. The summed E-state index contributed by atoms with van der Waals surface area (Å²) >= 11 is 5.24. The van der Waals surface area contributed by atoms with Gasteiger partial charge in [0.25, 0.3) is 5.91 Å². The third-order valence-corrected chi connectivity index (χ3v) is 5.92. The Morgan fingerprint density at radius 3 is 2.79 bits per heavy atom. The number of pyridine rings is 1. The Morgan fingerprint density at radius 2 is 1.96 bits per heavy atom. The van der Waals surface area contributed by atoms with Crippen LogP contribution in [-0.2, 0) is 6.42 Å². The zero-order chi connectivity index (χ0) is 19.5. The number of fused-ring (bicyclic) bond motifs is 1. The number of hydrogen-bond donors (Lipinski definition) is 1. The molecule has 0 unspecified atom stereocenters. The molecule has 5 nitrogen and oxygen atoms in total. The van der Waals surface area contributed by atoms with Crippen molar-refractivity contribution in [2.75, 3.05) is 7.05 Å². The van der Waals surface area contributed by atoms with E-state index in [0.717, 1.165) is 26.1 Å². The number of benzene rings is 2. The van der Waals surface area contributed by atoms with Gasteiger partial charge in [-0.15, -0.1) is 11.3 Å². The predicted molar refractivity (Wildman–Crippen MR) is 114 cm³/mol. The molecule has 1 amide bonds. The number of carbonyl (C=O) groups excluding carboxylic acids is 1. The van der Waals surface area contributed by atoms with Gasteiger partial charge in [-0.05, 0) is 29.8 Å². The van der Waals surface area contributed by atoms with Crippen LogP contribution in [0.25, 0.3) is 10.2 Å². The van der Waals surface area contributed by atoms with Crippen LogP contribution in [-0.4, -0.2) is 22.9 Å². The van der Waals surface area contributed by atoms with Gasteiger partial charge >= 0.3 is 0 Å². The summed E-state index contributed by atoms with van der Waals surface area (Å²) in [5, 5.41) is 3.60. The molecule has 0 radical (unpaired) electrons. The van der Waals surface area contributed by atoms with E-state index in [-0.39, 0.29) is 5.91 Å². The van der Waals surface area contributed by atoms with E-state index in [1.807, 2.05) is 36.4 Å². The summed E-state index contributed by atoms with van der Waals surface area (Å²) in [5.74, 6) is 1.00. The second-order valence-corrected chi connectivity index (χ2v) is 8.03. The van der Waals surface area contributed by atoms with Gasteiger partial charge in [-0.3, -0.25) is 9.78 Å². The van der Waals surface area contributed by atoms with E-state index in [0.29, 0.717) is 17.2 Å². The van der Waals surface area contributed by atoms with E-state index >= 15 is 0 Å². The molecular weight excluding hydrogens is 438 g/mol. The highest BCUT2D eigenvalue weighted by molar-refractivity contribution is 9.10. The van der Waals surface area contributed by atoms with Crippen LogP contribution in [0.1, 0.15) is 21.1 Å². The van der Waals surface area contributed by atoms with E-state index in [2.05, 4.69) is 32.3 Å². The first-order valence-corrected chi connectivity index (χ1v) is 10.2. The van der Waals surface area contributed by atoms with Crippen LogP contribution in [0.4, 0.5) is 0 Å². The van der Waals surface area contributed by atoms with Crippen LogP contribution in [0, 0.1) is 0 Å². The lowest BCUT2D eigenvalue weighted by Gasteiger charge is -2.06. The minimum absolute atomic E-state index is 0.250. The van der Waals surface area contributed by atoms with Gasteiger partial charge < -0.3 is 10.1 Å². The summed E-state index contributed by atoms with van der Waals surface area (Å²) in [7, 11) is 1.57. The van der Waals surface area contributed by atoms with Gasteiger partial charge in [0.1, 0.15) is 17.2 Å². The van der Waals surface area contributed by atoms with Crippen LogP contribution in [0.2, 0.25) is 0 Å². The van der Waals surface area contributed by atoms with Crippen molar-refractivity contribution in [3.63, 3.8) is 0 Å². The van der Waals surface area contributed by atoms with Crippen LogP contribution in [0.5, 0.6) is 11.5 Å². The Kier molecular flexibility index (Phi) is 5.36. The fraction of sp³-hybridized carbons (Fsp3) is 0.0952. The summed E-state index contributed by atoms with van der Waals surface area (Å²) in [5.41, 5.74) is 2.46. The van der Waals surface area contributed by atoms with Gasteiger partial charge in [0.05, 0.1) is 15.2 Å². The van der Waals surface area contributed by atoms with E-state index in [1.165, 1.54) is 5.56 Å². The Hall–Kier alpha value is -2.77. The minimum Gasteiger partial charge on any atom is -0.457 e. The second kappa shape index (κ2) is 8.08. The standard InChI is InChI=1S/C21H16BrN3O2S/c1-23-21(26)18-11-15(8-9-24-18)27-14-6-7-17-19(12-14)28-20(25-17)10-13-4-2-3-5-16(13)22/h2-9,11-12H,10H2,1H3,(H,23,26). The van der Waals surface area contributed by atoms with Crippen molar-refractivity contribution in [3.8, 4) is 11.5 Å². The second-order valence-electron chi connectivity index (χ2n) is 6.06. The van der Waals surface area contributed by atoms with E-state index in [1.54, 1.807) is 36.7 Å². The van der Waals surface area contributed by atoms with Crippen molar-refractivity contribution in [1.29, 1.82) is 0 Å². The molecule has 2 aromatic heterocycles. The number of carbonyl (C=O) groups is 1. The Morgan fingerprint density at radius 1 is 1.14 bits per heavy atom. The molecule has 28 heavy (non-hydrogen) atoms. The molecule has 2 aromatic carbocycles. The number of nitrogens with zero attached hydrogens (tertiary/aromatic N) is 2. The van der Waals surface area contributed by atoms with Gasteiger partial charge in [-0.1, -0.05) is 34.1 Å². The first-order chi connectivity index (χ1) is 13.6. The maximum Gasteiger partial charge on any atom is 0.269 e. The van der Waals surface area contributed by atoms with Crippen molar-refractivity contribution in [1.82, 2.24) is 15.3 Å². The zero-order valence-electron chi connectivity index (χ0n) is 15.0. The third-order valence-electron chi connectivity index (χ3n) is 4.13. The first kappa shape index (κ1) is 18.6. The quantitative estimate of drug-likeness (QED) is 0.451. The van der Waals surface area contributed by atoms with Gasteiger partial charge in [0.2, 0.25) is 0 Å². The lowest BCUT2D eigenvalue weighted by atomic mass is 10.2. The summed E-state index contributed by atoms with van der Waals surface area (Å²) < 4.78 is 8.06. The number of nitrogens with one attached hydrogen (secondary N) is 1. The normalized spacial score (nSPS) is 10.8. The number of rotatable bonds is 5. The highest BCUT2D eigenvalue weighted by Crippen LogP contribution is 2.31. The van der Waals surface area contributed by atoms with Gasteiger partial charge in [-0.25, -0.2) is 4.98 Å². The molecule has 4 rings (SSSR count). The molecule has 0 bridgehead atoms. The smallest absolute Gasteiger partial charge is 0.269 e. The van der Waals surface area contributed by atoms with Crippen LogP contribution >= 0.6 is 27.3 Å². The molecular formula is C21H16BrN3O2S. The molecule has 7 heteroatoms. The van der Waals surface area contributed by atoms with Crippen molar-refractivity contribution in [3.05, 3.63) is 81.5 Å². The average molecular weight is 454 g/mol. The predicted octanol–water partition coefficient (Wildman–Crippen LogP) is 5.20. The molecule has 0 spiro atoms. The average Bonchev–Trinajstić information content (AvgIpc) is 3.11. The van der Waals surface area contributed by atoms with Crippen molar-refractivity contribution in [2.45, 2.75) is 6.42 Å². The number of hydrogen-bond acceptors (Lipinski definition) is 5. The van der Waals surface area contributed by atoms with Crippen LogP contribution in [0.3, 0.4) is 0 Å². The molecule has 140 valence electrons. The fourth-order valence-corrected chi connectivity index (χ4v) is 4.20. The van der Waals surface area contributed by atoms with Gasteiger partial charge in [-0.2, -0.15) is 0 Å². The van der Waals surface area contributed by atoms with E-state index in [4.69, 9.17) is 9.72 Å². The summed E-state index contributed by atoms with van der Waals surface area (Å²) in [6, 6.07) is 17.3. The van der Waals surface area contributed by atoms with Crippen LogP contribution in [0.15, 0.2) is 65.3 Å². The SMILES string of the molecule is CNC(=O)c1cc(Oc2ccc3nc(Cc4ccccc4Br)sc3c2)ccn1. The Balaban J connectivity index is 1.57. The highest BCUT2D eigenvalue weighted by Gasteiger charge is 2.10. The number of aromatic nitrogens is 2. The lowest BCUT2D eigenvalue weighted by Crippen LogP contribution is -2.18. The molecule has 0 aliphatic carbocycles. The molecule has 2 heterocycles. The topological polar surface area (TPSA) is 64.1 Å². The van der Waals surface area contributed by atoms with Crippen molar-refractivity contribution < 1.29 is 9.53 Å². The summed E-state index contributed by atoms with van der Waals surface area (Å²) in [4.78, 5) is 20.5. The largest absolute Gasteiger partial charge is 0.457 e. The summed E-state index contributed by atoms with van der Waals surface area (Å²) in [6.45, 7) is 0. The number of amides is 1. The minimum atomic E-state index is -0.250. The molecule has 4 aromatic rings. The van der Waals surface area contributed by atoms with E-state index < -0.39 is 0 Å². The van der Waals surface area contributed by atoms with Crippen LogP contribution < -0.4 is 10.1 Å². The molecule has 0 fully saturated rings. The number of ether oxygens (including phenoxy) is 1. The van der Waals surface area contributed by atoms with Crippen molar-refractivity contribution >= 4 is 43.4 Å². The zero-order valence-corrected chi connectivity index (χ0v) is 17.4. The Labute approximate surface area is 174 Å². The maximum atomic E-state index is 11.7. The molecule has 1 N–H and O–H groups in total. The molecule has 0 saturated heterocycles. The lowest BCUT2D eigenvalue weighted by molar-refractivity contribution is 0.0958. The molecule has 0 aliphatic rings. The van der Waals surface area contributed by atoms with E-state index in [9.17, 15) is 4.79 Å².